The van der Waals surface area contributed by atoms with Gasteiger partial charge < -0.3 is 9.15 Å². The Kier molecular flexibility index (Phi) is 5.81. The molecule has 8 heteroatoms. The van der Waals surface area contributed by atoms with Gasteiger partial charge in [-0.2, -0.15) is 5.10 Å². The van der Waals surface area contributed by atoms with Crippen LogP contribution in [-0.4, -0.2) is 17.0 Å². The van der Waals surface area contributed by atoms with Gasteiger partial charge in [-0.05, 0) is 66.6 Å². The highest BCUT2D eigenvalue weighted by atomic mass is 16.6. The second-order valence-electron chi connectivity index (χ2n) is 5.89. The van der Waals surface area contributed by atoms with Crippen molar-refractivity contribution >= 4 is 17.8 Å². The molecule has 1 heterocycles. The predicted octanol–water partition coefficient (Wildman–Crippen LogP) is 3.84. The minimum atomic E-state index is -0.441. The van der Waals surface area contributed by atoms with Gasteiger partial charge in [0.2, 0.25) is 0 Å². The Bertz CT molecular complexity index is 991. The van der Waals surface area contributed by atoms with Crippen molar-refractivity contribution in [2.45, 2.75) is 13.5 Å². The number of nitrogens with zero attached hydrogens (tertiary/aromatic N) is 2. The summed E-state index contributed by atoms with van der Waals surface area (Å²) in [7, 11) is 0. The molecule has 0 aliphatic rings. The summed E-state index contributed by atoms with van der Waals surface area (Å²) < 4.78 is 10.9. The molecule has 1 N–H and O–H groups in total. The number of carbonyl (C=O) groups is 1. The average Bonchev–Trinajstić information content (AvgIpc) is 3.14. The van der Waals surface area contributed by atoms with Crippen molar-refractivity contribution in [3.8, 4) is 5.75 Å². The first kappa shape index (κ1) is 18.8. The van der Waals surface area contributed by atoms with Crippen LogP contribution in [0.2, 0.25) is 0 Å². The Labute approximate surface area is 160 Å². The third-order valence-electron chi connectivity index (χ3n) is 3.78. The van der Waals surface area contributed by atoms with Crippen molar-refractivity contribution in [3.05, 3.63) is 93.4 Å². The molecule has 3 rings (SSSR count). The Morgan fingerprint density at radius 3 is 2.46 bits per heavy atom. The molecule has 2 aromatic carbocycles. The third kappa shape index (κ3) is 5.04. The lowest BCUT2D eigenvalue weighted by molar-refractivity contribution is -0.384. The number of amides is 1. The molecule has 1 aromatic heterocycles. The lowest BCUT2D eigenvalue weighted by atomic mass is 10.2. The van der Waals surface area contributed by atoms with E-state index in [1.54, 1.807) is 55.5 Å². The highest BCUT2D eigenvalue weighted by Crippen LogP contribution is 2.16. The molecule has 0 spiro atoms. The number of ether oxygens (including phenoxy) is 1. The number of nitrogens with one attached hydrogen (secondary N) is 1. The summed E-state index contributed by atoms with van der Waals surface area (Å²) in [6, 6.07) is 16.6. The molecular weight excluding hydrogens is 362 g/mol. The first-order chi connectivity index (χ1) is 13.5. The van der Waals surface area contributed by atoms with E-state index in [1.807, 2.05) is 0 Å². The molecule has 8 nitrogen and oxygen atoms in total. The Morgan fingerprint density at radius 1 is 1.14 bits per heavy atom. The normalized spacial score (nSPS) is 10.8. The van der Waals surface area contributed by atoms with E-state index in [0.29, 0.717) is 18.1 Å². The van der Waals surface area contributed by atoms with Crippen LogP contribution in [0, 0.1) is 17.0 Å². The topological polar surface area (TPSA) is 107 Å². The Hall–Kier alpha value is -3.94. The van der Waals surface area contributed by atoms with E-state index in [1.165, 1.54) is 18.3 Å². The van der Waals surface area contributed by atoms with Crippen LogP contribution in [0.3, 0.4) is 0 Å². The van der Waals surface area contributed by atoms with E-state index in [9.17, 15) is 14.9 Å². The standard InChI is InChI=1S/C20H17N3O5/c1-14-2-11-19(28-14)20(24)22-21-12-15-5-9-18(10-6-15)27-13-16-3-7-17(8-4-16)23(25)26/h2-12H,13H2,1H3,(H,22,24)/b21-12+. The van der Waals surface area contributed by atoms with Gasteiger partial charge in [0.25, 0.3) is 5.69 Å². The Balaban J connectivity index is 1.50. The number of nitro benzene ring substituents is 1. The van der Waals surface area contributed by atoms with Gasteiger partial charge in [0.15, 0.2) is 5.76 Å². The van der Waals surface area contributed by atoms with Crippen molar-refractivity contribution in [3.63, 3.8) is 0 Å². The fraction of sp³-hybridized carbons (Fsp3) is 0.100. The number of benzene rings is 2. The molecule has 28 heavy (non-hydrogen) atoms. The molecule has 0 aliphatic heterocycles. The van der Waals surface area contributed by atoms with Crippen LogP contribution in [0.5, 0.6) is 5.75 Å². The quantitative estimate of drug-likeness (QED) is 0.381. The van der Waals surface area contributed by atoms with E-state index >= 15 is 0 Å². The molecule has 1 amide bonds. The number of nitro groups is 1. The molecule has 0 fully saturated rings. The van der Waals surface area contributed by atoms with Gasteiger partial charge in [-0.1, -0.05) is 0 Å². The molecule has 0 radical (unpaired) electrons. The second-order valence-corrected chi connectivity index (χ2v) is 5.89. The Morgan fingerprint density at radius 2 is 1.86 bits per heavy atom. The third-order valence-corrected chi connectivity index (χ3v) is 3.78. The van der Waals surface area contributed by atoms with Crippen LogP contribution in [0.25, 0.3) is 0 Å². The van der Waals surface area contributed by atoms with E-state index in [0.717, 1.165) is 11.1 Å². The van der Waals surface area contributed by atoms with Gasteiger partial charge in [0.05, 0.1) is 11.1 Å². The lowest BCUT2D eigenvalue weighted by Gasteiger charge is -2.06. The lowest BCUT2D eigenvalue weighted by Crippen LogP contribution is -2.16. The van der Waals surface area contributed by atoms with E-state index in [-0.39, 0.29) is 11.4 Å². The zero-order valence-corrected chi connectivity index (χ0v) is 15.0. The zero-order chi connectivity index (χ0) is 19.9. The molecule has 142 valence electrons. The van der Waals surface area contributed by atoms with Crippen LogP contribution in [-0.2, 0) is 6.61 Å². The van der Waals surface area contributed by atoms with Crippen LogP contribution in [0.15, 0.2) is 70.2 Å². The van der Waals surface area contributed by atoms with Gasteiger partial charge in [0, 0.05) is 12.1 Å². The number of carbonyl (C=O) groups excluding carboxylic acids is 1. The number of furan rings is 1. The maximum atomic E-state index is 11.8. The average molecular weight is 379 g/mol. The van der Waals surface area contributed by atoms with Crippen molar-refractivity contribution in [2.24, 2.45) is 5.10 Å². The first-order valence-corrected chi connectivity index (χ1v) is 8.37. The number of hydrogen-bond donors (Lipinski definition) is 1. The largest absolute Gasteiger partial charge is 0.489 e. The SMILES string of the molecule is Cc1ccc(C(=O)N/N=C/c2ccc(OCc3ccc([N+](=O)[O-])cc3)cc2)o1. The molecule has 0 saturated heterocycles. The van der Waals surface area contributed by atoms with Crippen LogP contribution in [0.4, 0.5) is 5.69 Å². The van der Waals surface area contributed by atoms with Crippen molar-refractivity contribution < 1.29 is 18.9 Å². The maximum Gasteiger partial charge on any atom is 0.307 e. The summed E-state index contributed by atoms with van der Waals surface area (Å²) in [4.78, 5) is 22.0. The van der Waals surface area contributed by atoms with Gasteiger partial charge in [-0.25, -0.2) is 5.43 Å². The summed E-state index contributed by atoms with van der Waals surface area (Å²) >= 11 is 0. The fourth-order valence-electron chi connectivity index (χ4n) is 2.31. The number of hydrogen-bond acceptors (Lipinski definition) is 6. The smallest absolute Gasteiger partial charge is 0.307 e. The molecule has 0 saturated carbocycles. The zero-order valence-electron chi connectivity index (χ0n) is 15.0. The van der Waals surface area contributed by atoms with E-state index in [2.05, 4.69) is 10.5 Å². The van der Waals surface area contributed by atoms with Crippen LogP contribution < -0.4 is 10.2 Å². The van der Waals surface area contributed by atoms with Crippen molar-refractivity contribution in [2.75, 3.05) is 0 Å². The fourth-order valence-corrected chi connectivity index (χ4v) is 2.31. The summed E-state index contributed by atoms with van der Waals surface area (Å²) in [5.74, 6) is 1.07. The molecule has 0 aliphatic carbocycles. The number of hydrazone groups is 1. The summed E-state index contributed by atoms with van der Waals surface area (Å²) in [5, 5.41) is 14.5. The van der Waals surface area contributed by atoms with Crippen LogP contribution in [0.1, 0.15) is 27.4 Å². The summed E-state index contributed by atoms with van der Waals surface area (Å²) in [6.45, 7) is 2.05. The minimum Gasteiger partial charge on any atom is -0.489 e. The maximum absolute atomic E-state index is 11.8. The monoisotopic (exact) mass is 379 g/mol. The summed E-state index contributed by atoms with van der Waals surface area (Å²) in [5.41, 5.74) is 4.04. The van der Waals surface area contributed by atoms with E-state index in [4.69, 9.17) is 9.15 Å². The number of non-ortho nitro benzene ring substituents is 1. The van der Waals surface area contributed by atoms with Gasteiger partial charge >= 0.3 is 5.91 Å². The molecule has 0 unspecified atom stereocenters. The number of aryl methyl sites for hydroxylation is 1. The highest BCUT2D eigenvalue weighted by Gasteiger charge is 2.08. The van der Waals surface area contributed by atoms with Gasteiger partial charge in [-0.3, -0.25) is 14.9 Å². The van der Waals surface area contributed by atoms with Crippen molar-refractivity contribution in [1.29, 1.82) is 0 Å². The minimum absolute atomic E-state index is 0.0432. The second kappa shape index (κ2) is 8.63. The first-order valence-electron chi connectivity index (χ1n) is 8.37. The molecule has 0 atom stereocenters. The van der Waals surface area contributed by atoms with Gasteiger partial charge in [0.1, 0.15) is 18.1 Å². The molecule has 0 bridgehead atoms. The molecule has 3 aromatic rings. The number of rotatable bonds is 7. The predicted molar refractivity (Wildman–Crippen MR) is 102 cm³/mol. The van der Waals surface area contributed by atoms with E-state index < -0.39 is 10.8 Å². The van der Waals surface area contributed by atoms with Crippen LogP contribution >= 0.6 is 0 Å². The molecular formula is C20H17N3O5. The summed E-state index contributed by atoms with van der Waals surface area (Å²) in [6.07, 6.45) is 1.51. The van der Waals surface area contributed by atoms with Gasteiger partial charge in [-0.15, -0.1) is 0 Å². The van der Waals surface area contributed by atoms with Crippen molar-refractivity contribution in [1.82, 2.24) is 5.43 Å². The highest BCUT2D eigenvalue weighted by molar-refractivity contribution is 5.92.